The minimum Gasteiger partial charge on any atom is -0.386 e. The van der Waals surface area contributed by atoms with E-state index >= 15 is 0 Å². The van der Waals surface area contributed by atoms with E-state index in [2.05, 4.69) is 35.4 Å². The van der Waals surface area contributed by atoms with Crippen LogP contribution < -0.4 is 16.5 Å². The van der Waals surface area contributed by atoms with Gasteiger partial charge in [-0.2, -0.15) is 5.10 Å². The Hall–Kier alpha value is -2.82. The van der Waals surface area contributed by atoms with Gasteiger partial charge >= 0.3 is 0 Å². The summed E-state index contributed by atoms with van der Waals surface area (Å²) in [7, 11) is 0. The summed E-state index contributed by atoms with van der Waals surface area (Å²) >= 11 is 0. The maximum atomic E-state index is 12.5. The van der Waals surface area contributed by atoms with Gasteiger partial charge in [-0.3, -0.25) is 4.79 Å². The molecule has 1 amide bonds. The number of anilines is 1. The van der Waals surface area contributed by atoms with E-state index < -0.39 is 0 Å². The number of rotatable bonds is 6. The molecule has 3 rings (SSSR count). The van der Waals surface area contributed by atoms with Gasteiger partial charge in [-0.25, -0.2) is 0 Å². The van der Waals surface area contributed by atoms with Crippen molar-refractivity contribution in [2.24, 2.45) is 16.7 Å². The third-order valence-corrected chi connectivity index (χ3v) is 4.71. The second kappa shape index (κ2) is 10.4. The average molecular weight is 367 g/mol. The van der Waals surface area contributed by atoms with E-state index in [0.717, 1.165) is 31.5 Å². The van der Waals surface area contributed by atoms with E-state index in [1.807, 2.05) is 36.9 Å². The minimum atomic E-state index is 0.0746. The summed E-state index contributed by atoms with van der Waals surface area (Å²) in [6, 6.07) is 16.7. The van der Waals surface area contributed by atoms with Crippen molar-refractivity contribution in [1.29, 1.82) is 0 Å². The fraction of sp³-hybridized carbons (Fsp3) is 0.364. The van der Waals surface area contributed by atoms with E-state index in [1.54, 1.807) is 0 Å². The number of nitrogens with two attached hydrogens (primary N) is 2. The lowest BCUT2D eigenvalue weighted by molar-refractivity contribution is -0.118. The van der Waals surface area contributed by atoms with E-state index in [9.17, 15) is 4.79 Å². The number of carbonyl (C=O) groups excluding carboxylic acids is 1. The summed E-state index contributed by atoms with van der Waals surface area (Å²) in [6.07, 6.45) is 3.64. The summed E-state index contributed by atoms with van der Waals surface area (Å²) < 4.78 is 0. The largest absolute Gasteiger partial charge is 0.386 e. The van der Waals surface area contributed by atoms with Gasteiger partial charge in [0.15, 0.2) is 0 Å². The molecule has 0 saturated carbocycles. The topological polar surface area (TPSA) is 84.7 Å². The molecule has 0 aromatic heterocycles. The van der Waals surface area contributed by atoms with Crippen molar-refractivity contribution in [3.8, 4) is 0 Å². The molecule has 0 fully saturated rings. The number of hydrogen-bond donors (Lipinski definition) is 2. The zero-order valence-corrected chi connectivity index (χ0v) is 16.3. The van der Waals surface area contributed by atoms with Crippen LogP contribution in [-0.2, 0) is 24.1 Å². The van der Waals surface area contributed by atoms with Gasteiger partial charge in [0, 0.05) is 25.1 Å². The van der Waals surface area contributed by atoms with Crippen LogP contribution >= 0.6 is 0 Å². The number of fused-ring (bicyclic) bond motifs is 1. The zero-order valence-electron chi connectivity index (χ0n) is 16.3. The van der Waals surface area contributed by atoms with Crippen LogP contribution in [-0.4, -0.2) is 18.3 Å². The van der Waals surface area contributed by atoms with E-state index in [0.29, 0.717) is 18.7 Å². The van der Waals surface area contributed by atoms with Crippen molar-refractivity contribution in [2.45, 2.75) is 46.0 Å². The second-order valence-electron chi connectivity index (χ2n) is 6.32. The lowest BCUT2D eigenvalue weighted by Crippen LogP contribution is -2.30. The van der Waals surface area contributed by atoms with Crippen LogP contribution in [0.5, 0.6) is 0 Å². The van der Waals surface area contributed by atoms with Crippen LogP contribution in [0.2, 0.25) is 0 Å². The molecule has 4 N–H and O–H groups in total. The second-order valence-corrected chi connectivity index (χ2v) is 6.32. The van der Waals surface area contributed by atoms with Crippen molar-refractivity contribution in [1.82, 2.24) is 0 Å². The molecule has 5 heteroatoms. The molecule has 0 spiro atoms. The predicted octanol–water partition coefficient (Wildman–Crippen LogP) is 3.40. The predicted molar refractivity (Wildman–Crippen MR) is 113 cm³/mol. The molecule has 0 radical (unpaired) electrons. The van der Waals surface area contributed by atoms with Crippen LogP contribution in [0.25, 0.3) is 0 Å². The Balaban J connectivity index is 0.00000126. The van der Waals surface area contributed by atoms with Crippen LogP contribution in [0.4, 0.5) is 5.69 Å². The van der Waals surface area contributed by atoms with Gasteiger partial charge in [-0.05, 0) is 42.0 Å². The first-order valence-corrected chi connectivity index (χ1v) is 9.66. The highest BCUT2D eigenvalue weighted by Gasteiger charge is 2.26. The minimum absolute atomic E-state index is 0.0746. The molecular weight excluding hydrogens is 336 g/mol. The molecule has 1 aliphatic heterocycles. The Morgan fingerprint density at radius 1 is 1.04 bits per heavy atom. The Morgan fingerprint density at radius 3 is 2.48 bits per heavy atom. The van der Waals surface area contributed by atoms with Gasteiger partial charge in [0.1, 0.15) is 5.84 Å². The van der Waals surface area contributed by atoms with Crippen molar-refractivity contribution in [3.05, 3.63) is 65.2 Å². The number of aryl methyl sites for hydroxylation is 2. The first-order valence-electron chi connectivity index (χ1n) is 9.66. The van der Waals surface area contributed by atoms with Crippen molar-refractivity contribution >= 4 is 17.4 Å². The van der Waals surface area contributed by atoms with Gasteiger partial charge in [-0.1, -0.05) is 56.3 Å². The molecule has 5 nitrogen and oxygen atoms in total. The monoisotopic (exact) mass is 366 g/mol. The highest BCUT2D eigenvalue weighted by atomic mass is 16.2. The molecule has 0 saturated heterocycles. The lowest BCUT2D eigenvalue weighted by Gasteiger charge is -2.18. The average Bonchev–Trinajstić information content (AvgIpc) is 3.17. The molecule has 2 aromatic rings. The van der Waals surface area contributed by atoms with Gasteiger partial charge in [0.2, 0.25) is 5.91 Å². The molecule has 2 aromatic carbocycles. The fourth-order valence-electron chi connectivity index (χ4n) is 3.36. The Kier molecular flexibility index (Phi) is 7.86. The van der Waals surface area contributed by atoms with Gasteiger partial charge < -0.3 is 16.5 Å². The Morgan fingerprint density at radius 2 is 1.78 bits per heavy atom. The third-order valence-electron chi connectivity index (χ3n) is 4.71. The van der Waals surface area contributed by atoms with E-state index in [-0.39, 0.29) is 5.91 Å². The molecule has 27 heavy (non-hydrogen) atoms. The highest BCUT2D eigenvalue weighted by molar-refractivity contribution is 5.97. The zero-order chi connectivity index (χ0) is 19.6. The SMILES string of the molecule is CC.N/N=C(\N)CCC(=O)N1CCc2c(CCc3ccccc3)cccc21. The van der Waals surface area contributed by atoms with Crippen molar-refractivity contribution < 1.29 is 4.79 Å². The van der Waals surface area contributed by atoms with E-state index in [1.165, 1.54) is 16.7 Å². The first kappa shape index (κ1) is 20.5. The van der Waals surface area contributed by atoms with Gasteiger partial charge in [0.25, 0.3) is 0 Å². The number of carbonyl (C=O) groups is 1. The number of hydrogen-bond acceptors (Lipinski definition) is 3. The van der Waals surface area contributed by atoms with Crippen molar-refractivity contribution in [2.75, 3.05) is 11.4 Å². The van der Waals surface area contributed by atoms with Crippen LogP contribution in [0.15, 0.2) is 53.6 Å². The molecule has 0 aliphatic carbocycles. The highest BCUT2D eigenvalue weighted by Crippen LogP contribution is 2.32. The lowest BCUT2D eigenvalue weighted by atomic mass is 9.98. The van der Waals surface area contributed by atoms with Crippen LogP contribution in [0.1, 0.15) is 43.4 Å². The molecule has 0 bridgehead atoms. The molecule has 1 heterocycles. The standard InChI is InChI=1S/C20H24N4O.C2H6/c21-19(23-22)11-12-20(25)24-14-13-17-16(7-4-8-18(17)24)10-9-15-5-2-1-3-6-15;1-2/h1-8H,9-14,22H2,(H2,21,23);1-2H3. The summed E-state index contributed by atoms with van der Waals surface area (Å²) in [5.74, 6) is 5.51. The fourth-order valence-corrected chi connectivity index (χ4v) is 3.36. The number of amides is 1. The normalized spacial score (nSPS) is 13.0. The smallest absolute Gasteiger partial charge is 0.227 e. The molecular formula is C22H30N4O. The quantitative estimate of drug-likeness (QED) is 0.356. The molecule has 1 aliphatic rings. The Labute approximate surface area is 162 Å². The summed E-state index contributed by atoms with van der Waals surface area (Å²) in [5.41, 5.74) is 10.6. The number of benzene rings is 2. The number of hydrazone groups is 1. The number of amidine groups is 1. The third kappa shape index (κ3) is 5.33. The maximum Gasteiger partial charge on any atom is 0.227 e. The molecule has 144 valence electrons. The summed E-state index contributed by atoms with van der Waals surface area (Å²) in [6.45, 7) is 4.73. The number of nitrogens with zero attached hydrogens (tertiary/aromatic N) is 2. The summed E-state index contributed by atoms with van der Waals surface area (Å²) in [4.78, 5) is 14.4. The van der Waals surface area contributed by atoms with Gasteiger partial charge in [0.05, 0.1) is 0 Å². The Bertz CT molecular complexity index is 771. The first-order chi connectivity index (χ1) is 13.2. The molecule has 0 atom stereocenters. The van der Waals surface area contributed by atoms with Gasteiger partial charge in [-0.15, -0.1) is 0 Å². The van der Waals surface area contributed by atoms with Crippen LogP contribution in [0, 0.1) is 0 Å². The van der Waals surface area contributed by atoms with E-state index in [4.69, 9.17) is 11.6 Å². The van der Waals surface area contributed by atoms with Crippen molar-refractivity contribution in [3.63, 3.8) is 0 Å². The maximum absolute atomic E-state index is 12.5. The summed E-state index contributed by atoms with van der Waals surface area (Å²) in [5, 5.41) is 3.42. The molecule has 0 unspecified atom stereocenters. The van der Waals surface area contributed by atoms with Crippen LogP contribution in [0.3, 0.4) is 0 Å².